The predicted octanol–water partition coefficient (Wildman–Crippen LogP) is 3.79. The summed E-state index contributed by atoms with van der Waals surface area (Å²) in [5, 5.41) is 1.94. The van der Waals surface area contributed by atoms with Gasteiger partial charge in [0.1, 0.15) is 0 Å². The number of aromatic nitrogens is 1. The molecule has 1 saturated carbocycles. The van der Waals surface area contributed by atoms with Crippen LogP contribution in [0.4, 0.5) is 0 Å². The van der Waals surface area contributed by atoms with Crippen molar-refractivity contribution in [2.24, 2.45) is 11.1 Å². The smallest absolute Gasteiger partial charge is 0.225 e. The van der Waals surface area contributed by atoms with Crippen LogP contribution in [0.3, 0.4) is 0 Å². The molecule has 1 unspecified atom stereocenters. The number of nitrogens with zero attached hydrogens (tertiary/aromatic N) is 1. The van der Waals surface area contributed by atoms with E-state index in [1.54, 1.807) is 0 Å². The second-order valence-corrected chi connectivity index (χ2v) is 7.86. The van der Waals surface area contributed by atoms with Gasteiger partial charge in [-0.1, -0.05) is 30.9 Å². The van der Waals surface area contributed by atoms with Crippen molar-refractivity contribution < 1.29 is 4.79 Å². The zero-order chi connectivity index (χ0) is 16.9. The van der Waals surface area contributed by atoms with Gasteiger partial charge in [-0.05, 0) is 50.1 Å². The molecular weight excluding hydrogens is 322 g/mol. The number of hydrogen-bond donors (Lipinski definition) is 2. The highest BCUT2D eigenvalue weighted by molar-refractivity contribution is 6.31. The molecule has 1 aromatic heterocycles. The van der Waals surface area contributed by atoms with E-state index >= 15 is 0 Å². The Morgan fingerprint density at radius 3 is 2.79 bits per heavy atom. The lowest BCUT2D eigenvalue weighted by Gasteiger charge is -2.47. The molecular formula is C19H24ClN3O. The molecule has 1 aromatic carbocycles. The average molecular weight is 346 g/mol. The highest BCUT2D eigenvalue weighted by Gasteiger charge is 2.49. The third-order valence-corrected chi connectivity index (χ3v) is 6.32. The van der Waals surface area contributed by atoms with Gasteiger partial charge in [-0.2, -0.15) is 0 Å². The molecule has 3 N–H and O–H groups in total. The van der Waals surface area contributed by atoms with Crippen molar-refractivity contribution in [2.75, 3.05) is 13.6 Å². The van der Waals surface area contributed by atoms with E-state index in [9.17, 15) is 4.79 Å². The molecule has 4 nitrogen and oxygen atoms in total. The number of benzene rings is 1. The molecule has 128 valence electrons. The topological polar surface area (TPSA) is 62.1 Å². The summed E-state index contributed by atoms with van der Waals surface area (Å²) in [5.74, 6) is -0.149. The van der Waals surface area contributed by atoms with Crippen LogP contribution in [0, 0.1) is 5.41 Å². The summed E-state index contributed by atoms with van der Waals surface area (Å²) in [5.41, 5.74) is 9.08. The van der Waals surface area contributed by atoms with Gasteiger partial charge in [0.15, 0.2) is 0 Å². The van der Waals surface area contributed by atoms with Crippen molar-refractivity contribution in [3.63, 3.8) is 0 Å². The summed E-state index contributed by atoms with van der Waals surface area (Å²) in [4.78, 5) is 18.5. The maximum absolute atomic E-state index is 12.6. The quantitative estimate of drug-likeness (QED) is 0.869. The molecule has 24 heavy (non-hydrogen) atoms. The minimum absolute atomic E-state index is 0.0326. The molecule has 0 radical (unpaired) electrons. The zero-order valence-corrected chi connectivity index (χ0v) is 14.8. The van der Waals surface area contributed by atoms with E-state index in [1.807, 2.05) is 18.2 Å². The maximum Gasteiger partial charge on any atom is 0.225 e. The van der Waals surface area contributed by atoms with Crippen molar-refractivity contribution in [1.29, 1.82) is 0 Å². The van der Waals surface area contributed by atoms with Crippen LogP contribution in [-0.2, 0) is 11.2 Å². The number of aromatic amines is 1. The number of rotatable bonds is 2. The molecule has 0 spiro atoms. The molecule has 2 heterocycles. The average Bonchev–Trinajstić information content (AvgIpc) is 2.92. The first kappa shape index (κ1) is 16.0. The van der Waals surface area contributed by atoms with Crippen LogP contribution in [0.15, 0.2) is 18.2 Å². The Bertz CT molecular complexity index is 791. The molecule has 2 aromatic rings. The molecule has 1 amide bonds. The monoisotopic (exact) mass is 345 g/mol. The van der Waals surface area contributed by atoms with E-state index < -0.39 is 5.41 Å². The number of carbonyl (C=O) groups is 1. The van der Waals surface area contributed by atoms with Gasteiger partial charge in [0.2, 0.25) is 5.91 Å². The minimum Gasteiger partial charge on any atom is -0.369 e. The third-order valence-electron chi connectivity index (χ3n) is 6.09. The second kappa shape index (κ2) is 5.78. The molecule has 1 fully saturated rings. The van der Waals surface area contributed by atoms with E-state index in [-0.39, 0.29) is 11.9 Å². The number of nitrogens with two attached hydrogens (primary N) is 1. The largest absolute Gasteiger partial charge is 0.369 e. The molecule has 0 saturated heterocycles. The molecule has 4 rings (SSSR count). The van der Waals surface area contributed by atoms with Crippen LogP contribution in [0.1, 0.15) is 49.4 Å². The fraction of sp³-hybridized carbons (Fsp3) is 0.526. The van der Waals surface area contributed by atoms with Crippen LogP contribution in [0.2, 0.25) is 5.02 Å². The number of amides is 1. The number of primary amides is 1. The van der Waals surface area contributed by atoms with Crippen molar-refractivity contribution in [1.82, 2.24) is 9.88 Å². The highest BCUT2D eigenvalue weighted by atomic mass is 35.5. The summed E-state index contributed by atoms with van der Waals surface area (Å²) in [6, 6.07) is 6.01. The summed E-state index contributed by atoms with van der Waals surface area (Å²) in [6.45, 7) is 0.937. The van der Waals surface area contributed by atoms with Crippen molar-refractivity contribution in [3.8, 4) is 0 Å². The van der Waals surface area contributed by atoms with E-state index in [0.29, 0.717) is 0 Å². The first-order chi connectivity index (χ1) is 11.5. The molecule has 1 atom stereocenters. The van der Waals surface area contributed by atoms with Crippen molar-refractivity contribution in [3.05, 3.63) is 34.5 Å². The number of fused-ring (bicyclic) bond motifs is 3. The van der Waals surface area contributed by atoms with E-state index in [0.717, 1.165) is 49.2 Å². The van der Waals surface area contributed by atoms with Crippen LogP contribution in [-0.4, -0.2) is 29.4 Å². The lowest BCUT2D eigenvalue weighted by atomic mass is 9.66. The van der Waals surface area contributed by atoms with Crippen molar-refractivity contribution in [2.45, 2.75) is 44.6 Å². The SMILES string of the molecule is CN1CCc2c([nH]c3ccc(Cl)cc23)C1C1(C(N)=O)CCCCC1. The first-order valence-corrected chi connectivity index (χ1v) is 9.21. The molecule has 1 aliphatic carbocycles. The Kier molecular flexibility index (Phi) is 3.85. The van der Waals surface area contributed by atoms with Crippen molar-refractivity contribution >= 4 is 28.4 Å². The van der Waals surface area contributed by atoms with Gasteiger partial charge in [-0.25, -0.2) is 0 Å². The van der Waals surface area contributed by atoms with Gasteiger partial charge in [-0.3, -0.25) is 9.69 Å². The summed E-state index contributed by atoms with van der Waals surface area (Å²) in [6.07, 6.45) is 6.08. The van der Waals surface area contributed by atoms with E-state index in [4.69, 9.17) is 17.3 Å². The Hall–Kier alpha value is -1.52. The zero-order valence-electron chi connectivity index (χ0n) is 14.1. The molecule has 2 aliphatic rings. The van der Waals surface area contributed by atoms with Gasteiger partial charge in [-0.15, -0.1) is 0 Å². The fourth-order valence-electron chi connectivity index (χ4n) is 4.92. The Balaban J connectivity index is 1.90. The normalized spacial score (nSPS) is 24.0. The summed E-state index contributed by atoms with van der Waals surface area (Å²) >= 11 is 6.21. The number of halogens is 1. The fourth-order valence-corrected chi connectivity index (χ4v) is 5.09. The number of likely N-dealkylation sites (N-methyl/N-ethyl adjacent to an activating group) is 1. The van der Waals surface area contributed by atoms with Crippen LogP contribution in [0.5, 0.6) is 0 Å². The summed E-state index contributed by atoms with van der Waals surface area (Å²) in [7, 11) is 2.12. The Morgan fingerprint density at radius 2 is 2.08 bits per heavy atom. The highest BCUT2D eigenvalue weighted by Crippen LogP contribution is 2.51. The minimum atomic E-state index is -0.465. The second-order valence-electron chi connectivity index (χ2n) is 7.42. The van der Waals surface area contributed by atoms with Gasteiger partial charge in [0.25, 0.3) is 0 Å². The van der Waals surface area contributed by atoms with Gasteiger partial charge < -0.3 is 10.7 Å². The molecule has 1 aliphatic heterocycles. The van der Waals surface area contributed by atoms with Crippen LogP contribution in [0.25, 0.3) is 10.9 Å². The Morgan fingerprint density at radius 1 is 1.33 bits per heavy atom. The molecule has 5 heteroatoms. The van der Waals surface area contributed by atoms with E-state index in [2.05, 4.69) is 16.9 Å². The number of hydrogen-bond acceptors (Lipinski definition) is 2. The lowest BCUT2D eigenvalue weighted by Crippen LogP contribution is -2.51. The van der Waals surface area contributed by atoms with Gasteiger partial charge in [0.05, 0.1) is 11.5 Å². The van der Waals surface area contributed by atoms with Gasteiger partial charge >= 0.3 is 0 Å². The number of carbonyl (C=O) groups excluding carboxylic acids is 1. The lowest BCUT2D eigenvalue weighted by molar-refractivity contribution is -0.135. The first-order valence-electron chi connectivity index (χ1n) is 8.83. The molecule has 0 bridgehead atoms. The van der Waals surface area contributed by atoms with Crippen LogP contribution >= 0.6 is 11.6 Å². The summed E-state index contributed by atoms with van der Waals surface area (Å²) < 4.78 is 0. The standard InChI is InChI=1S/C19H24ClN3O/c1-23-10-7-13-14-11-12(20)5-6-15(14)22-16(13)17(23)19(18(21)24)8-3-2-4-9-19/h5-6,11,17,22H,2-4,7-10H2,1H3,(H2,21,24). The number of H-pyrrole nitrogens is 1. The third kappa shape index (κ3) is 2.27. The predicted molar refractivity (Wildman–Crippen MR) is 97.1 cm³/mol. The van der Waals surface area contributed by atoms with Crippen LogP contribution < -0.4 is 5.73 Å². The van der Waals surface area contributed by atoms with E-state index in [1.165, 1.54) is 23.1 Å². The maximum atomic E-state index is 12.6. The van der Waals surface area contributed by atoms with Gasteiger partial charge in [0, 0.05) is 28.2 Å². The number of nitrogens with one attached hydrogen (secondary N) is 1. The Labute approximate surface area is 147 Å².